The maximum atomic E-state index is 11.9. The molecule has 0 aromatic rings. The summed E-state index contributed by atoms with van der Waals surface area (Å²) >= 11 is 0. The average Bonchev–Trinajstić information content (AvgIpc) is 2.36. The van der Waals surface area contributed by atoms with Gasteiger partial charge < -0.3 is 15.4 Å². The van der Waals surface area contributed by atoms with E-state index >= 15 is 0 Å². The van der Waals surface area contributed by atoms with Gasteiger partial charge in [0.25, 0.3) is 0 Å². The SMILES string of the molecule is CCC1CCN(C(=O)COCC(F)(F)F)C(CN)C1. The lowest BCUT2D eigenvalue weighted by Gasteiger charge is -2.38. The third-order valence-corrected chi connectivity index (χ3v) is 3.49. The molecule has 0 spiro atoms. The van der Waals surface area contributed by atoms with Crippen LogP contribution in [0.15, 0.2) is 0 Å². The van der Waals surface area contributed by atoms with Gasteiger partial charge in [-0.2, -0.15) is 13.2 Å². The van der Waals surface area contributed by atoms with Gasteiger partial charge in [0.05, 0.1) is 0 Å². The Morgan fingerprint density at radius 3 is 2.68 bits per heavy atom. The van der Waals surface area contributed by atoms with Crippen LogP contribution in [0.5, 0.6) is 0 Å². The third-order valence-electron chi connectivity index (χ3n) is 3.49. The Kier molecular flexibility index (Phi) is 6.06. The predicted molar refractivity (Wildman–Crippen MR) is 64.4 cm³/mol. The summed E-state index contributed by atoms with van der Waals surface area (Å²) in [5.41, 5.74) is 5.63. The fraction of sp³-hybridized carbons (Fsp3) is 0.917. The molecule has 1 aliphatic heterocycles. The minimum Gasteiger partial charge on any atom is -0.362 e. The van der Waals surface area contributed by atoms with Crippen LogP contribution in [0.4, 0.5) is 13.2 Å². The van der Waals surface area contributed by atoms with Gasteiger partial charge in [-0.3, -0.25) is 4.79 Å². The van der Waals surface area contributed by atoms with Crippen molar-refractivity contribution in [2.24, 2.45) is 11.7 Å². The monoisotopic (exact) mass is 282 g/mol. The zero-order chi connectivity index (χ0) is 14.5. The number of hydrogen-bond acceptors (Lipinski definition) is 3. The number of nitrogens with zero attached hydrogens (tertiary/aromatic N) is 1. The molecule has 2 unspecified atom stereocenters. The lowest BCUT2D eigenvalue weighted by atomic mass is 9.89. The summed E-state index contributed by atoms with van der Waals surface area (Å²) in [6, 6.07) is -0.0827. The summed E-state index contributed by atoms with van der Waals surface area (Å²) in [4.78, 5) is 13.4. The molecule has 1 saturated heterocycles. The van der Waals surface area contributed by atoms with Crippen molar-refractivity contribution in [1.82, 2.24) is 4.90 Å². The molecule has 4 nitrogen and oxygen atoms in total. The highest BCUT2D eigenvalue weighted by atomic mass is 19.4. The minimum atomic E-state index is -4.40. The standard InChI is InChI=1S/C12H21F3N2O2/c1-2-9-3-4-17(10(5-9)6-16)11(18)7-19-8-12(13,14)15/h9-10H,2-8,16H2,1H3. The zero-order valence-electron chi connectivity index (χ0n) is 11.1. The van der Waals surface area contributed by atoms with Crippen LogP contribution in [0, 0.1) is 5.92 Å². The molecule has 0 saturated carbocycles. The van der Waals surface area contributed by atoms with Gasteiger partial charge in [-0.1, -0.05) is 13.3 Å². The molecule has 2 atom stereocenters. The third kappa shape index (κ3) is 5.36. The Labute approximate surface area is 111 Å². The van der Waals surface area contributed by atoms with E-state index in [2.05, 4.69) is 11.7 Å². The number of rotatable bonds is 5. The zero-order valence-corrected chi connectivity index (χ0v) is 11.1. The van der Waals surface area contributed by atoms with Gasteiger partial charge in [-0.25, -0.2) is 0 Å². The first-order valence-corrected chi connectivity index (χ1v) is 6.51. The quantitative estimate of drug-likeness (QED) is 0.832. The van der Waals surface area contributed by atoms with E-state index in [-0.39, 0.29) is 6.04 Å². The number of ether oxygens (including phenoxy) is 1. The van der Waals surface area contributed by atoms with Crippen molar-refractivity contribution in [3.05, 3.63) is 0 Å². The van der Waals surface area contributed by atoms with Crippen LogP contribution in [0.2, 0.25) is 0 Å². The highest BCUT2D eigenvalue weighted by molar-refractivity contribution is 5.78. The minimum absolute atomic E-state index is 0.0827. The van der Waals surface area contributed by atoms with E-state index in [1.54, 1.807) is 4.90 Å². The van der Waals surface area contributed by atoms with Crippen molar-refractivity contribution in [3.8, 4) is 0 Å². The predicted octanol–water partition coefficient (Wildman–Crippen LogP) is 1.54. The van der Waals surface area contributed by atoms with Gasteiger partial charge >= 0.3 is 6.18 Å². The van der Waals surface area contributed by atoms with Gasteiger partial charge in [-0.15, -0.1) is 0 Å². The number of alkyl halides is 3. The van der Waals surface area contributed by atoms with Crippen LogP contribution in [0.25, 0.3) is 0 Å². The molecule has 0 aliphatic carbocycles. The average molecular weight is 282 g/mol. The molecule has 1 aliphatic rings. The largest absolute Gasteiger partial charge is 0.411 e. The number of carbonyl (C=O) groups excluding carboxylic acids is 1. The van der Waals surface area contributed by atoms with Gasteiger partial charge in [0.1, 0.15) is 13.2 Å². The lowest BCUT2D eigenvalue weighted by molar-refractivity contribution is -0.178. The topological polar surface area (TPSA) is 55.6 Å². The molecule has 0 aromatic carbocycles. The van der Waals surface area contributed by atoms with Crippen LogP contribution >= 0.6 is 0 Å². The van der Waals surface area contributed by atoms with Crippen molar-refractivity contribution in [3.63, 3.8) is 0 Å². The molecule has 112 valence electrons. The van der Waals surface area contributed by atoms with Crippen molar-refractivity contribution in [2.45, 2.75) is 38.4 Å². The van der Waals surface area contributed by atoms with Crippen molar-refractivity contribution >= 4 is 5.91 Å². The number of piperidine rings is 1. The summed E-state index contributed by atoms with van der Waals surface area (Å²) in [6.45, 7) is 1.04. The fourth-order valence-corrected chi connectivity index (χ4v) is 2.39. The molecule has 0 bridgehead atoms. The van der Waals surface area contributed by atoms with Crippen molar-refractivity contribution in [2.75, 3.05) is 26.3 Å². The van der Waals surface area contributed by atoms with Gasteiger partial charge in [0, 0.05) is 19.1 Å². The normalized spacial score (nSPS) is 24.6. The molecule has 1 heterocycles. The molecule has 2 N–H and O–H groups in total. The second-order valence-corrected chi connectivity index (χ2v) is 4.88. The summed E-state index contributed by atoms with van der Waals surface area (Å²) in [5.74, 6) is 0.128. The summed E-state index contributed by atoms with van der Waals surface area (Å²) in [5, 5.41) is 0. The van der Waals surface area contributed by atoms with Crippen LogP contribution in [-0.4, -0.2) is 49.3 Å². The highest BCUT2D eigenvalue weighted by Crippen LogP contribution is 2.25. The van der Waals surface area contributed by atoms with Gasteiger partial charge in [0.2, 0.25) is 5.91 Å². The van der Waals surface area contributed by atoms with E-state index in [0.29, 0.717) is 19.0 Å². The van der Waals surface area contributed by atoms with Crippen LogP contribution in [0.1, 0.15) is 26.2 Å². The summed E-state index contributed by atoms with van der Waals surface area (Å²) in [7, 11) is 0. The molecule has 19 heavy (non-hydrogen) atoms. The Morgan fingerprint density at radius 2 is 2.16 bits per heavy atom. The molecule has 7 heteroatoms. The number of halogens is 3. The number of nitrogens with two attached hydrogens (primary N) is 1. The Morgan fingerprint density at radius 1 is 1.47 bits per heavy atom. The second-order valence-electron chi connectivity index (χ2n) is 4.88. The van der Waals surface area contributed by atoms with E-state index in [4.69, 9.17) is 5.73 Å². The van der Waals surface area contributed by atoms with Crippen LogP contribution in [-0.2, 0) is 9.53 Å². The smallest absolute Gasteiger partial charge is 0.362 e. The molecular formula is C12H21F3N2O2. The van der Waals surface area contributed by atoms with Crippen LogP contribution < -0.4 is 5.73 Å². The first-order chi connectivity index (χ1) is 8.87. The highest BCUT2D eigenvalue weighted by Gasteiger charge is 2.31. The summed E-state index contributed by atoms with van der Waals surface area (Å²) in [6.07, 6.45) is -1.68. The van der Waals surface area contributed by atoms with E-state index in [9.17, 15) is 18.0 Å². The Balaban J connectivity index is 2.42. The number of carbonyl (C=O) groups is 1. The van der Waals surface area contributed by atoms with E-state index in [1.165, 1.54) is 0 Å². The summed E-state index contributed by atoms with van der Waals surface area (Å²) < 4.78 is 40.2. The number of amides is 1. The first kappa shape index (κ1) is 16.2. The Bertz CT molecular complexity index is 297. The molecular weight excluding hydrogens is 261 g/mol. The molecule has 1 amide bonds. The van der Waals surface area contributed by atoms with Crippen molar-refractivity contribution in [1.29, 1.82) is 0 Å². The van der Waals surface area contributed by atoms with Crippen molar-refractivity contribution < 1.29 is 22.7 Å². The number of likely N-dealkylation sites (tertiary alicyclic amines) is 1. The van der Waals surface area contributed by atoms with Crippen LogP contribution in [0.3, 0.4) is 0 Å². The van der Waals surface area contributed by atoms with E-state index < -0.39 is 25.3 Å². The Hall–Kier alpha value is -0.820. The van der Waals surface area contributed by atoms with Gasteiger partial charge in [-0.05, 0) is 18.8 Å². The number of hydrogen-bond donors (Lipinski definition) is 1. The van der Waals surface area contributed by atoms with Gasteiger partial charge in [0.15, 0.2) is 0 Å². The lowest BCUT2D eigenvalue weighted by Crippen LogP contribution is -2.50. The first-order valence-electron chi connectivity index (χ1n) is 6.51. The maximum Gasteiger partial charge on any atom is 0.411 e. The molecule has 1 fully saturated rings. The second kappa shape index (κ2) is 7.09. The molecule has 1 rings (SSSR count). The van der Waals surface area contributed by atoms with E-state index in [0.717, 1.165) is 19.3 Å². The molecule has 0 aromatic heterocycles. The maximum absolute atomic E-state index is 11.9. The fourth-order valence-electron chi connectivity index (χ4n) is 2.39. The van der Waals surface area contributed by atoms with E-state index in [1.807, 2.05) is 0 Å². The molecule has 0 radical (unpaired) electrons.